The van der Waals surface area contributed by atoms with Crippen LogP contribution >= 0.6 is 0 Å². The Bertz CT molecular complexity index is 511. The fourth-order valence-corrected chi connectivity index (χ4v) is 2.00. The summed E-state index contributed by atoms with van der Waals surface area (Å²) in [6.07, 6.45) is 2.01. The normalized spacial score (nSPS) is 10.4. The molecule has 19 heavy (non-hydrogen) atoms. The van der Waals surface area contributed by atoms with Crippen molar-refractivity contribution >= 4 is 0 Å². The van der Waals surface area contributed by atoms with Crippen LogP contribution in [0, 0.1) is 6.92 Å². The number of rotatable bonds is 6. The van der Waals surface area contributed by atoms with Crippen molar-refractivity contribution in [2.45, 2.75) is 26.3 Å². The number of aryl methyl sites for hydroxylation is 2. The number of aromatic nitrogens is 1. The monoisotopic (exact) mass is 256 g/mol. The summed E-state index contributed by atoms with van der Waals surface area (Å²) in [7, 11) is 0. The molecule has 0 aliphatic carbocycles. The average Bonchev–Trinajstić information content (AvgIpc) is 2.44. The highest BCUT2D eigenvalue weighted by Crippen LogP contribution is 2.12. The Morgan fingerprint density at radius 2 is 1.89 bits per heavy atom. The van der Waals surface area contributed by atoms with E-state index >= 15 is 0 Å². The van der Waals surface area contributed by atoms with Gasteiger partial charge in [-0.3, -0.25) is 0 Å². The zero-order chi connectivity index (χ0) is 13.5. The van der Waals surface area contributed by atoms with Crippen LogP contribution in [0.2, 0.25) is 0 Å². The second-order valence-corrected chi connectivity index (χ2v) is 4.60. The summed E-state index contributed by atoms with van der Waals surface area (Å²) in [5, 5.41) is 0. The van der Waals surface area contributed by atoms with Crippen molar-refractivity contribution in [2.24, 2.45) is 5.73 Å². The van der Waals surface area contributed by atoms with Crippen LogP contribution in [0.3, 0.4) is 0 Å². The maximum absolute atomic E-state index is 5.68. The van der Waals surface area contributed by atoms with Gasteiger partial charge in [0.1, 0.15) is 0 Å². The van der Waals surface area contributed by atoms with Crippen LogP contribution in [-0.4, -0.2) is 11.6 Å². The molecule has 0 unspecified atom stereocenters. The van der Waals surface area contributed by atoms with E-state index in [0.717, 1.165) is 24.1 Å². The molecular weight excluding hydrogens is 236 g/mol. The first-order chi connectivity index (χ1) is 9.28. The lowest BCUT2D eigenvalue weighted by Crippen LogP contribution is -2.04. The molecule has 0 aliphatic rings. The first kappa shape index (κ1) is 13.6. The molecule has 100 valence electrons. The largest absolute Gasteiger partial charge is 0.478 e. The zero-order valence-electron chi connectivity index (χ0n) is 11.3. The molecule has 1 aromatic carbocycles. The average molecular weight is 256 g/mol. The molecule has 0 bridgehead atoms. The van der Waals surface area contributed by atoms with E-state index in [1.165, 1.54) is 5.56 Å². The van der Waals surface area contributed by atoms with Crippen LogP contribution in [0.15, 0.2) is 42.5 Å². The van der Waals surface area contributed by atoms with E-state index < -0.39 is 0 Å². The fourth-order valence-electron chi connectivity index (χ4n) is 2.00. The van der Waals surface area contributed by atoms with E-state index in [1.807, 2.05) is 25.1 Å². The van der Waals surface area contributed by atoms with Gasteiger partial charge in [-0.1, -0.05) is 30.3 Å². The van der Waals surface area contributed by atoms with Gasteiger partial charge in [-0.05, 0) is 37.0 Å². The van der Waals surface area contributed by atoms with Crippen LogP contribution in [0.4, 0.5) is 0 Å². The van der Waals surface area contributed by atoms with Crippen molar-refractivity contribution in [3.8, 4) is 5.88 Å². The number of pyridine rings is 1. The molecule has 3 heteroatoms. The SMILES string of the molecule is Cc1cc(CN)cc(OCCCc2ccccc2)n1. The van der Waals surface area contributed by atoms with Gasteiger partial charge < -0.3 is 10.5 Å². The summed E-state index contributed by atoms with van der Waals surface area (Å²) in [5.41, 5.74) is 8.98. The molecule has 2 N–H and O–H groups in total. The molecule has 0 saturated carbocycles. The molecule has 3 nitrogen and oxygen atoms in total. The first-order valence-corrected chi connectivity index (χ1v) is 6.62. The fraction of sp³-hybridized carbons (Fsp3) is 0.312. The van der Waals surface area contributed by atoms with Crippen LogP contribution < -0.4 is 10.5 Å². The third-order valence-corrected chi connectivity index (χ3v) is 2.93. The summed E-state index contributed by atoms with van der Waals surface area (Å²) in [4.78, 5) is 4.35. The minimum atomic E-state index is 0.518. The lowest BCUT2D eigenvalue weighted by atomic mass is 10.1. The highest BCUT2D eigenvalue weighted by Gasteiger charge is 2.00. The van der Waals surface area contributed by atoms with Gasteiger partial charge in [-0.25, -0.2) is 4.98 Å². The van der Waals surface area contributed by atoms with Crippen LogP contribution in [0.25, 0.3) is 0 Å². The van der Waals surface area contributed by atoms with Gasteiger partial charge in [-0.15, -0.1) is 0 Å². The van der Waals surface area contributed by atoms with Crippen molar-refractivity contribution in [1.82, 2.24) is 4.98 Å². The number of hydrogen-bond donors (Lipinski definition) is 1. The summed E-state index contributed by atoms with van der Waals surface area (Å²) < 4.78 is 5.68. The molecule has 1 aromatic heterocycles. The zero-order valence-corrected chi connectivity index (χ0v) is 11.3. The van der Waals surface area contributed by atoms with E-state index in [2.05, 4.69) is 29.2 Å². The van der Waals surface area contributed by atoms with Crippen molar-refractivity contribution in [2.75, 3.05) is 6.61 Å². The smallest absolute Gasteiger partial charge is 0.213 e. The summed E-state index contributed by atoms with van der Waals surface area (Å²) in [5.74, 6) is 0.675. The minimum absolute atomic E-state index is 0.518. The third kappa shape index (κ3) is 4.38. The molecule has 2 aromatic rings. The number of ether oxygens (including phenoxy) is 1. The minimum Gasteiger partial charge on any atom is -0.478 e. The van der Waals surface area contributed by atoms with Gasteiger partial charge in [0, 0.05) is 18.3 Å². The van der Waals surface area contributed by atoms with Gasteiger partial charge in [0.25, 0.3) is 0 Å². The van der Waals surface area contributed by atoms with Gasteiger partial charge in [0.05, 0.1) is 6.61 Å². The van der Waals surface area contributed by atoms with Crippen LogP contribution in [-0.2, 0) is 13.0 Å². The number of benzene rings is 1. The van der Waals surface area contributed by atoms with Crippen LogP contribution in [0.5, 0.6) is 5.88 Å². The molecule has 0 atom stereocenters. The Labute approximate surface area is 114 Å². The Hall–Kier alpha value is -1.87. The molecule has 0 radical (unpaired) electrons. The Kier molecular flexibility index (Phi) is 4.93. The van der Waals surface area contributed by atoms with E-state index in [0.29, 0.717) is 19.0 Å². The first-order valence-electron chi connectivity index (χ1n) is 6.62. The van der Waals surface area contributed by atoms with Gasteiger partial charge in [0.15, 0.2) is 0 Å². The van der Waals surface area contributed by atoms with E-state index in [9.17, 15) is 0 Å². The third-order valence-electron chi connectivity index (χ3n) is 2.93. The number of nitrogens with two attached hydrogens (primary N) is 1. The molecule has 2 rings (SSSR count). The molecule has 0 aliphatic heterocycles. The predicted octanol–water partition coefficient (Wildman–Crippen LogP) is 2.86. The number of hydrogen-bond acceptors (Lipinski definition) is 3. The molecule has 0 amide bonds. The van der Waals surface area contributed by atoms with Crippen molar-refractivity contribution < 1.29 is 4.74 Å². The quantitative estimate of drug-likeness (QED) is 0.808. The highest BCUT2D eigenvalue weighted by atomic mass is 16.5. The Morgan fingerprint density at radius 1 is 1.11 bits per heavy atom. The lowest BCUT2D eigenvalue weighted by molar-refractivity contribution is 0.298. The maximum atomic E-state index is 5.68. The van der Waals surface area contributed by atoms with Crippen molar-refractivity contribution in [1.29, 1.82) is 0 Å². The molecule has 0 fully saturated rings. The lowest BCUT2D eigenvalue weighted by Gasteiger charge is -2.08. The standard InChI is InChI=1S/C16H20N2O/c1-13-10-15(12-17)11-16(18-13)19-9-5-8-14-6-3-2-4-7-14/h2-4,6-7,10-11H,5,8-9,12,17H2,1H3. The number of nitrogens with zero attached hydrogens (tertiary/aromatic N) is 1. The van der Waals surface area contributed by atoms with Gasteiger partial charge in [0.2, 0.25) is 5.88 Å². The molecule has 0 spiro atoms. The summed E-state index contributed by atoms with van der Waals surface area (Å²) in [6, 6.07) is 14.3. The molecule has 1 heterocycles. The molecular formula is C16H20N2O. The summed E-state index contributed by atoms with van der Waals surface area (Å²) >= 11 is 0. The van der Waals surface area contributed by atoms with Crippen molar-refractivity contribution in [3.63, 3.8) is 0 Å². The van der Waals surface area contributed by atoms with Gasteiger partial charge in [-0.2, -0.15) is 0 Å². The van der Waals surface area contributed by atoms with Crippen LogP contribution in [0.1, 0.15) is 23.2 Å². The van der Waals surface area contributed by atoms with Gasteiger partial charge >= 0.3 is 0 Å². The Balaban J connectivity index is 1.81. The van der Waals surface area contributed by atoms with Crippen molar-refractivity contribution in [3.05, 3.63) is 59.3 Å². The maximum Gasteiger partial charge on any atom is 0.213 e. The highest BCUT2D eigenvalue weighted by molar-refractivity contribution is 5.24. The molecule has 0 saturated heterocycles. The second kappa shape index (κ2) is 6.90. The summed E-state index contributed by atoms with van der Waals surface area (Å²) in [6.45, 7) is 3.15. The van der Waals surface area contributed by atoms with E-state index in [4.69, 9.17) is 10.5 Å². The van der Waals surface area contributed by atoms with E-state index in [1.54, 1.807) is 0 Å². The second-order valence-electron chi connectivity index (χ2n) is 4.60. The Morgan fingerprint density at radius 3 is 2.63 bits per heavy atom. The topological polar surface area (TPSA) is 48.1 Å². The predicted molar refractivity (Wildman–Crippen MR) is 77.1 cm³/mol. The van der Waals surface area contributed by atoms with E-state index in [-0.39, 0.29) is 0 Å².